The van der Waals surface area contributed by atoms with E-state index >= 15 is 0 Å². The van der Waals surface area contributed by atoms with Gasteiger partial charge in [0.2, 0.25) is 0 Å². The molecule has 1 aromatic carbocycles. The van der Waals surface area contributed by atoms with E-state index in [4.69, 9.17) is 9.15 Å². The number of oxazole rings is 1. The molecule has 3 aromatic heterocycles. The highest BCUT2D eigenvalue weighted by Gasteiger charge is 2.15. The average Bonchev–Trinajstić information content (AvgIpc) is 3.38. The predicted molar refractivity (Wildman–Crippen MR) is 97.9 cm³/mol. The largest absolute Gasteiger partial charge is 0.444 e. The lowest BCUT2D eigenvalue weighted by Crippen LogP contribution is -2.36. The number of morpholine rings is 1. The fourth-order valence-electron chi connectivity index (χ4n) is 3.28. The number of nitrogens with one attached hydrogen (secondary N) is 1. The monoisotopic (exact) mass is 347 g/mol. The minimum atomic E-state index is 0.734. The molecule has 0 radical (unpaired) electrons. The summed E-state index contributed by atoms with van der Waals surface area (Å²) in [5.74, 6) is 1.69. The number of hydrogen-bond acceptors (Lipinski definition) is 6. The number of rotatable bonds is 3. The Labute approximate surface area is 149 Å². The fourth-order valence-corrected chi connectivity index (χ4v) is 3.28. The van der Waals surface area contributed by atoms with Gasteiger partial charge in [0.05, 0.1) is 24.9 Å². The molecule has 1 N–H and O–H groups in total. The third-order valence-corrected chi connectivity index (χ3v) is 4.63. The first-order valence-corrected chi connectivity index (χ1v) is 8.54. The zero-order chi connectivity index (χ0) is 17.3. The van der Waals surface area contributed by atoms with Crippen molar-refractivity contribution in [2.45, 2.75) is 0 Å². The van der Waals surface area contributed by atoms with Gasteiger partial charge in [-0.15, -0.1) is 0 Å². The van der Waals surface area contributed by atoms with E-state index in [2.05, 4.69) is 37.2 Å². The molecule has 5 rings (SSSR count). The number of H-pyrrole nitrogens is 1. The lowest BCUT2D eigenvalue weighted by Gasteiger charge is -2.27. The Balaban J connectivity index is 1.57. The van der Waals surface area contributed by atoms with Gasteiger partial charge in [0, 0.05) is 35.8 Å². The van der Waals surface area contributed by atoms with Crippen LogP contribution in [-0.4, -0.2) is 46.5 Å². The van der Waals surface area contributed by atoms with Crippen molar-refractivity contribution in [2.75, 3.05) is 31.2 Å². The first-order chi connectivity index (χ1) is 12.9. The van der Waals surface area contributed by atoms with Crippen molar-refractivity contribution in [1.82, 2.24) is 20.2 Å². The van der Waals surface area contributed by atoms with Crippen molar-refractivity contribution in [2.24, 2.45) is 0 Å². The summed E-state index contributed by atoms with van der Waals surface area (Å²) in [5.41, 5.74) is 3.88. The van der Waals surface area contributed by atoms with E-state index in [9.17, 15) is 0 Å². The van der Waals surface area contributed by atoms with Crippen LogP contribution in [0.1, 0.15) is 0 Å². The van der Waals surface area contributed by atoms with Crippen LogP contribution in [0.2, 0.25) is 0 Å². The molecule has 0 bridgehead atoms. The quantitative estimate of drug-likeness (QED) is 0.613. The Morgan fingerprint density at radius 1 is 1.04 bits per heavy atom. The van der Waals surface area contributed by atoms with Crippen LogP contribution in [0.25, 0.3) is 33.5 Å². The second-order valence-electron chi connectivity index (χ2n) is 6.20. The van der Waals surface area contributed by atoms with Gasteiger partial charge in [0.1, 0.15) is 11.5 Å². The normalized spacial score (nSPS) is 14.8. The summed E-state index contributed by atoms with van der Waals surface area (Å²) in [6.45, 7) is 3.18. The molecule has 0 spiro atoms. The fraction of sp³-hybridized carbons (Fsp3) is 0.211. The minimum absolute atomic E-state index is 0.734. The standard InChI is InChI=1S/C19H17N5O2/c1-2-16-15(9-13(1)17-11-20-12-26-17)19(23-22-16)14-3-4-21-18(10-14)24-5-7-25-8-6-24/h1-4,9-12H,5-8H2,(H,22,23). The lowest BCUT2D eigenvalue weighted by molar-refractivity contribution is 0.122. The van der Waals surface area contributed by atoms with Gasteiger partial charge in [-0.25, -0.2) is 9.97 Å². The number of benzene rings is 1. The van der Waals surface area contributed by atoms with Gasteiger partial charge < -0.3 is 14.1 Å². The highest BCUT2D eigenvalue weighted by atomic mass is 16.5. The maximum absolute atomic E-state index is 5.43. The van der Waals surface area contributed by atoms with Crippen molar-refractivity contribution >= 4 is 16.7 Å². The van der Waals surface area contributed by atoms with Crippen LogP contribution >= 0.6 is 0 Å². The van der Waals surface area contributed by atoms with Gasteiger partial charge in [-0.2, -0.15) is 5.10 Å². The number of nitrogens with zero attached hydrogens (tertiary/aromatic N) is 4. The van der Waals surface area contributed by atoms with Gasteiger partial charge in [0.25, 0.3) is 0 Å². The van der Waals surface area contributed by atoms with E-state index in [1.807, 2.05) is 24.4 Å². The number of fused-ring (bicyclic) bond motifs is 1. The summed E-state index contributed by atoms with van der Waals surface area (Å²) in [4.78, 5) is 10.8. The molecule has 26 heavy (non-hydrogen) atoms. The molecule has 0 aliphatic carbocycles. The molecule has 4 aromatic rings. The lowest BCUT2D eigenvalue weighted by atomic mass is 10.1. The van der Waals surface area contributed by atoms with E-state index in [-0.39, 0.29) is 0 Å². The first-order valence-electron chi connectivity index (χ1n) is 8.54. The van der Waals surface area contributed by atoms with Crippen LogP contribution in [-0.2, 0) is 4.74 Å². The molecule has 0 amide bonds. The highest BCUT2D eigenvalue weighted by molar-refractivity contribution is 5.95. The Morgan fingerprint density at radius 2 is 1.96 bits per heavy atom. The Bertz CT molecular complexity index is 1040. The number of pyridine rings is 1. The number of aromatic nitrogens is 4. The first kappa shape index (κ1) is 15.1. The summed E-state index contributed by atoms with van der Waals surface area (Å²) >= 11 is 0. The molecule has 4 heterocycles. The molecule has 0 atom stereocenters. The van der Waals surface area contributed by atoms with E-state index < -0.39 is 0 Å². The maximum atomic E-state index is 5.43. The van der Waals surface area contributed by atoms with Gasteiger partial charge in [-0.05, 0) is 30.3 Å². The smallest absolute Gasteiger partial charge is 0.181 e. The zero-order valence-corrected chi connectivity index (χ0v) is 14.1. The van der Waals surface area contributed by atoms with Crippen molar-refractivity contribution in [1.29, 1.82) is 0 Å². The Morgan fingerprint density at radius 3 is 2.81 bits per heavy atom. The van der Waals surface area contributed by atoms with Gasteiger partial charge in [-0.3, -0.25) is 5.10 Å². The topological polar surface area (TPSA) is 80.1 Å². The highest BCUT2D eigenvalue weighted by Crippen LogP contribution is 2.31. The van der Waals surface area contributed by atoms with E-state index in [1.165, 1.54) is 6.39 Å². The molecule has 1 saturated heterocycles. The summed E-state index contributed by atoms with van der Waals surface area (Å²) in [6, 6.07) is 10.1. The molecule has 1 aliphatic rings. The number of hydrogen-bond donors (Lipinski definition) is 1. The van der Waals surface area contributed by atoms with Gasteiger partial charge in [-0.1, -0.05) is 0 Å². The summed E-state index contributed by atoms with van der Waals surface area (Å²) in [6.07, 6.45) is 4.98. The van der Waals surface area contributed by atoms with Gasteiger partial charge >= 0.3 is 0 Å². The van der Waals surface area contributed by atoms with Crippen molar-refractivity contribution in [3.8, 4) is 22.6 Å². The molecule has 0 unspecified atom stereocenters. The van der Waals surface area contributed by atoms with Gasteiger partial charge in [0.15, 0.2) is 12.2 Å². The van der Waals surface area contributed by atoms with Crippen LogP contribution in [0.3, 0.4) is 0 Å². The Kier molecular flexibility index (Phi) is 3.64. The molecule has 7 heteroatoms. The molecule has 7 nitrogen and oxygen atoms in total. The van der Waals surface area contributed by atoms with Crippen LogP contribution in [0.15, 0.2) is 53.5 Å². The molecule has 1 aliphatic heterocycles. The molecular weight excluding hydrogens is 330 g/mol. The zero-order valence-electron chi connectivity index (χ0n) is 14.1. The number of anilines is 1. The van der Waals surface area contributed by atoms with Crippen LogP contribution in [0.4, 0.5) is 5.82 Å². The second kappa shape index (κ2) is 6.27. The van der Waals surface area contributed by atoms with Crippen molar-refractivity contribution in [3.05, 3.63) is 49.1 Å². The Hall–Kier alpha value is -3.19. The van der Waals surface area contributed by atoms with E-state index in [0.29, 0.717) is 0 Å². The summed E-state index contributed by atoms with van der Waals surface area (Å²) < 4.78 is 10.8. The van der Waals surface area contributed by atoms with E-state index in [1.54, 1.807) is 6.20 Å². The average molecular weight is 347 g/mol. The van der Waals surface area contributed by atoms with Crippen LogP contribution in [0, 0.1) is 0 Å². The SMILES string of the molecule is c1cc(-c2n[nH]c3ccc(-c4cnco4)cc23)cc(N2CCOCC2)n1. The minimum Gasteiger partial charge on any atom is -0.444 e. The molecule has 130 valence electrons. The number of ether oxygens (including phenoxy) is 1. The van der Waals surface area contributed by atoms with Crippen molar-refractivity contribution in [3.63, 3.8) is 0 Å². The molecule has 0 saturated carbocycles. The van der Waals surface area contributed by atoms with E-state index in [0.717, 1.165) is 65.6 Å². The van der Waals surface area contributed by atoms with Crippen LogP contribution in [0.5, 0.6) is 0 Å². The second-order valence-corrected chi connectivity index (χ2v) is 6.20. The van der Waals surface area contributed by atoms with Crippen molar-refractivity contribution < 1.29 is 9.15 Å². The van der Waals surface area contributed by atoms with Crippen LogP contribution < -0.4 is 4.90 Å². The molecular formula is C19H17N5O2. The predicted octanol–water partition coefficient (Wildman–Crippen LogP) is 3.12. The summed E-state index contributed by atoms with van der Waals surface area (Å²) in [7, 11) is 0. The third kappa shape index (κ3) is 2.62. The summed E-state index contributed by atoms with van der Waals surface area (Å²) in [5, 5.41) is 8.68. The number of aromatic amines is 1. The third-order valence-electron chi connectivity index (χ3n) is 4.63. The molecule has 1 fully saturated rings. The maximum Gasteiger partial charge on any atom is 0.181 e.